The van der Waals surface area contributed by atoms with E-state index in [1.807, 2.05) is 12.1 Å². The standard InChI is InChI=1S/C29H25F9O2/c1-2-16-4-3-5-17(7-6-16)18-8-10-19(11-9-18)20-12-22(30)26(23(31)13-20)28(34,35)39-21-14-24(32)27(25(33)15-21)40-29(36,37)38/h8-17H,2-7H2,1H3. The first kappa shape index (κ1) is 29.6. The molecule has 1 saturated carbocycles. The minimum Gasteiger partial charge on any atom is -0.429 e. The largest absolute Gasteiger partial charge is 0.573 e. The topological polar surface area (TPSA) is 18.5 Å². The third-order valence-electron chi connectivity index (χ3n) is 7.15. The van der Waals surface area contributed by atoms with Crippen LogP contribution in [0.15, 0.2) is 48.5 Å². The van der Waals surface area contributed by atoms with E-state index in [0.717, 1.165) is 37.7 Å². The number of hydrogen-bond donors (Lipinski definition) is 0. The molecule has 40 heavy (non-hydrogen) atoms. The number of hydrogen-bond acceptors (Lipinski definition) is 2. The average molecular weight is 576 g/mol. The molecule has 3 aromatic carbocycles. The lowest BCUT2D eigenvalue weighted by atomic mass is 9.89. The summed E-state index contributed by atoms with van der Waals surface area (Å²) < 4.78 is 131. The summed E-state index contributed by atoms with van der Waals surface area (Å²) in [7, 11) is 0. The molecule has 4 rings (SSSR count). The maximum absolute atomic E-state index is 14.8. The molecule has 0 radical (unpaired) electrons. The third kappa shape index (κ3) is 6.85. The van der Waals surface area contributed by atoms with Crippen molar-refractivity contribution in [3.8, 4) is 22.6 Å². The molecule has 216 valence electrons. The predicted molar refractivity (Wildman–Crippen MR) is 129 cm³/mol. The van der Waals surface area contributed by atoms with E-state index in [1.165, 1.54) is 6.42 Å². The highest BCUT2D eigenvalue weighted by atomic mass is 19.4. The summed E-state index contributed by atoms with van der Waals surface area (Å²) in [6.07, 6.45) is -3.60. The molecule has 0 saturated heterocycles. The van der Waals surface area contributed by atoms with Crippen LogP contribution in [-0.2, 0) is 6.11 Å². The van der Waals surface area contributed by atoms with Crippen LogP contribution in [0.25, 0.3) is 11.1 Å². The van der Waals surface area contributed by atoms with Crippen molar-refractivity contribution < 1.29 is 49.0 Å². The van der Waals surface area contributed by atoms with E-state index >= 15 is 0 Å². The fourth-order valence-electron chi connectivity index (χ4n) is 5.09. The Labute approximate surface area is 224 Å². The highest BCUT2D eigenvalue weighted by Gasteiger charge is 2.42. The van der Waals surface area contributed by atoms with Crippen molar-refractivity contribution in [3.63, 3.8) is 0 Å². The summed E-state index contributed by atoms with van der Waals surface area (Å²) in [5.74, 6) is -9.59. The van der Waals surface area contributed by atoms with Crippen molar-refractivity contribution in [1.82, 2.24) is 0 Å². The molecular formula is C29H25F9O2. The van der Waals surface area contributed by atoms with Gasteiger partial charge in [0.1, 0.15) is 22.9 Å². The summed E-state index contributed by atoms with van der Waals surface area (Å²) in [4.78, 5) is 0. The van der Waals surface area contributed by atoms with Gasteiger partial charge in [0.05, 0.1) is 0 Å². The van der Waals surface area contributed by atoms with E-state index in [4.69, 9.17) is 0 Å². The quantitative estimate of drug-likeness (QED) is 0.206. The van der Waals surface area contributed by atoms with E-state index in [9.17, 15) is 39.5 Å². The Balaban J connectivity index is 1.54. The van der Waals surface area contributed by atoms with Crippen LogP contribution in [0.2, 0.25) is 0 Å². The smallest absolute Gasteiger partial charge is 0.429 e. The fraction of sp³-hybridized carbons (Fsp3) is 0.379. The van der Waals surface area contributed by atoms with Crippen LogP contribution >= 0.6 is 0 Å². The van der Waals surface area contributed by atoms with E-state index in [0.29, 0.717) is 29.5 Å². The second-order valence-electron chi connectivity index (χ2n) is 9.80. The molecule has 0 N–H and O–H groups in total. The fourth-order valence-corrected chi connectivity index (χ4v) is 5.09. The zero-order valence-corrected chi connectivity index (χ0v) is 21.2. The van der Waals surface area contributed by atoms with Gasteiger partial charge in [-0.3, -0.25) is 0 Å². The van der Waals surface area contributed by atoms with Crippen molar-refractivity contribution >= 4 is 0 Å². The van der Waals surface area contributed by atoms with Gasteiger partial charge < -0.3 is 9.47 Å². The van der Waals surface area contributed by atoms with Crippen LogP contribution in [0, 0.1) is 29.2 Å². The first-order chi connectivity index (χ1) is 18.8. The molecule has 1 fully saturated rings. The number of benzene rings is 3. The molecule has 0 bridgehead atoms. The zero-order chi connectivity index (χ0) is 29.2. The first-order valence-corrected chi connectivity index (χ1v) is 12.7. The zero-order valence-electron chi connectivity index (χ0n) is 21.2. The molecule has 1 aliphatic carbocycles. The predicted octanol–water partition coefficient (Wildman–Crippen LogP) is 10.0. The maximum Gasteiger partial charge on any atom is 0.573 e. The molecule has 0 heterocycles. The number of rotatable bonds is 7. The number of alkyl halides is 5. The molecule has 0 aromatic heterocycles. The second-order valence-corrected chi connectivity index (χ2v) is 9.80. The Morgan fingerprint density at radius 2 is 1.30 bits per heavy atom. The van der Waals surface area contributed by atoms with Crippen molar-refractivity contribution in [1.29, 1.82) is 0 Å². The minimum absolute atomic E-state index is 0.0273. The van der Waals surface area contributed by atoms with Gasteiger partial charge in [0.15, 0.2) is 11.6 Å². The summed E-state index contributed by atoms with van der Waals surface area (Å²) in [6, 6.07) is 8.28. The van der Waals surface area contributed by atoms with Gasteiger partial charge in [-0.25, -0.2) is 17.6 Å². The highest BCUT2D eigenvalue weighted by Crippen LogP contribution is 2.40. The van der Waals surface area contributed by atoms with Crippen molar-refractivity contribution in [2.24, 2.45) is 5.92 Å². The molecular weight excluding hydrogens is 551 g/mol. The van der Waals surface area contributed by atoms with Gasteiger partial charge in [-0.2, -0.15) is 8.78 Å². The summed E-state index contributed by atoms with van der Waals surface area (Å²) in [5, 5.41) is 0. The van der Waals surface area contributed by atoms with Gasteiger partial charge in [0, 0.05) is 12.1 Å². The normalized spacial score (nSPS) is 18.4. The summed E-state index contributed by atoms with van der Waals surface area (Å²) >= 11 is 0. The molecule has 2 unspecified atom stereocenters. The first-order valence-electron chi connectivity index (χ1n) is 12.7. The van der Waals surface area contributed by atoms with Gasteiger partial charge in [0.2, 0.25) is 5.75 Å². The average Bonchev–Trinajstić information content (AvgIpc) is 3.11. The van der Waals surface area contributed by atoms with Gasteiger partial charge in [-0.05, 0) is 59.9 Å². The molecule has 0 amide bonds. The molecule has 3 aromatic rings. The summed E-state index contributed by atoms with van der Waals surface area (Å²) in [5.41, 5.74) is -0.405. The van der Waals surface area contributed by atoms with Crippen molar-refractivity contribution in [2.75, 3.05) is 0 Å². The molecule has 1 aliphatic rings. The number of halogens is 9. The third-order valence-corrected chi connectivity index (χ3v) is 7.15. The SMILES string of the molecule is CCC1CCCC(c2ccc(-c3cc(F)c(C(F)(F)Oc4cc(F)c(OC(F)(F)F)c(F)c4)c(F)c3)cc2)CC1. The molecule has 11 heteroatoms. The Bertz CT molecular complexity index is 1290. The molecule has 0 aliphatic heterocycles. The molecule has 0 spiro atoms. The summed E-state index contributed by atoms with van der Waals surface area (Å²) in [6.45, 7) is 2.18. The monoisotopic (exact) mass is 576 g/mol. The van der Waals surface area contributed by atoms with Gasteiger partial charge in [-0.15, -0.1) is 13.2 Å². The lowest BCUT2D eigenvalue weighted by Crippen LogP contribution is -2.25. The van der Waals surface area contributed by atoms with Crippen LogP contribution in [-0.4, -0.2) is 6.36 Å². The van der Waals surface area contributed by atoms with Gasteiger partial charge in [-0.1, -0.05) is 50.5 Å². The lowest BCUT2D eigenvalue weighted by molar-refractivity contribution is -0.276. The Kier molecular flexibility index (Phi) is 8.60. The Hall–Kier alpha value is -3.37. The Morgan fingerprint density at radius 3 is 1.85 bits per heavy atom. The molecule has 2 nitrogen and oxygen atoms in total. The van der Waals surface area contributed by atoms with Crippen molar-refractivity contribution in [2.45, 2.75) is 63.8 Å². The molecule has 2 atom stereocenters. The van der Waals surface area contributed by atoms with Crippen LogP contribution in [0.1, 0.15) is 62.5 Å². The van der Waals surface area contributed by atoms with E-state index in [1.54, 1.807) is 12.1 Å². The van der Waals surface area contributed by atoms with Gasteiger partial charge in [0.25, 0.3) is 0 Å². The second kappa shape index (κ2) is 11.6. The van der Waals surface area contributed by atoms with Crippen LogP contribution < -0.4 is 9.47 Å². The maximum atomic E-state index is 14.8. The van der Waals surface area contributed by atoms with Crippen LogP contribution in [0.5, 0.6) is 11.5 Å². The van der Waals surface area contributed by atoms with E-state index in [-0.39, 0.29) is 17.7 Å². The van der Waals surface area contributed by atoms with Crippen LogP contribution in [0.3, 0.4) is 0 Å². The van der Waals surface area contributed by atoms with Crippen molar-refractivity contribution in [3.05, 3.63) is 82.9 Å². The van der Waals surface area contributed by atoms with E-state index in [2.05, 4.69) is 16.4 Å². The highest BCUT2D eigenvalue weighted by molar-refractivity contribution is 5.64. The van der Waals surface area contributed by atoms with Gasteiger partial charge >= 0.3 is 12.5 Å². The van der Waals surface area contributed by atoms with E-state index < -0.39 is 52.8 Å². The number of ether oxygens (including phenoxy) is 2. The lowest BCUT2D eigenvalue weighted by Gasteiger charge is -2.21. The minimum atomic E-state index is -5.46. The van der Waals surface area contributed by atoms with Crippen LogP contribution in [0.4, 0.5) is 39.5 Å². The Morgan fingerprint density at radius 1 is 0.700 bits per heavy atom.